The zero-order chi connectivity index (χ0) is 21.0. The third-order valence-corrected chi connectivity index (χ3v) is 6.02. The molecule has 0 aliphatic carbocycles. The van der Waals surface area contributed by atoms with Crippen molar-refractivity contribution in [1.82, 2.24) is 10.3 Å². The number of nitrogens with one attached hydrogen (secondary N) is 1. The average Bonchev–Trinajstić information content (AvgIpc) is 3.22. The molecule has 0 aliphatic heterocycles. The summed E-state index contributed by atoms with van der Waals surface area (Å²) in [5, 5.41) is 5.41. The fourth-order valence-corrected chi connectivity index (χ4v) is 4.52. The largest absolute Gasteiger partial charge is 0.451 e. The third kappa shape index (κ3) is 5.97. The molecule has 0 spiro atoms. The fourth-order valence-electron chi connectivity index (χ4n) is 2.64. The maximum atomic E-state index is 12.7. The molecule has 5 nitrogen and oxygen atoms in total. The first-order chi connectivity index (χ1) is 13.7. The molecule has 0 aliphatic rings. The Morgan fingerprint density at radius 2 is 2.14 bits per heavy atom. The van der Waals surface area contributed by atoms with Gasteiger partial charge in [0.15, 0.2) is 5.76 Å². The van der Waals surface area contributed by atoms with E-state index in [1.165, 1.54) is 23.1 Å². The van der Waals surface area contributed by atoms with Crippen molar-refractivity contribution in [2.24, 2.45) is 0 Å². The summed E-state index contributed by atoms with van der Waals surface area (Å²) in [7, 11) is 0. The van der Waals surface area contributed by atoms with Gasteiger partial charge in [0.05, 0.1) is 6.61 Å². The summed E-state index contributed by atoms with van der Waals surface area (Å²) in [6, 6.07) is 6.69. The lowest BCUT2D eigenvalue weighted by molar-refractivity contribution is -0.174. The third-order valence-electron chi connectivity index (χ3n) is 3.85. The maximum Gasteiger partial charge on any atom is 0.411 e. The Balaban J connectivity index is 1.72. The SMILES string of the molecule is Cc1csc(SCc2c(C(=O)NC(C)COCC(F)(F)F)oc3ccccc23)n1. The molecule has 10 heteroatoms. The molecule has 0 radical (unpaired) electrons. The highest BCUT2D eigenvalue weighted by Crippen LogP contribution is 2.33. The number of alkyl halides is 3. The monoisotopic (exact) mass is 444 g/mol. The second kappa shape index (κ2) is 9.19. The van der Waals surface area contributed by atoms with Gasteiger partial charge in [0.2, 0.25) is 0 Å². The number of carbonyl (C=O) groups excluding carboxylic acids is 1. The molecule has 156 valence electrons. The minimum absolute atomic E-state index is 0.148. The van der Waals surface area contributed by atoms with Crippen LogP contribution in [0, 0.1) is 6.92 Å². The summed E-state index contributed by atoms with van der Waals surface area (Å²) < 4.78 is 47.8. The number of aryl methyl sites for hydroxylation is 1. The zero-order valence-electron chi connectivity index (χ0n) is 15.7. The van der Waals surface area contributed by atoms with E-state index < -0.39 is 24.7 Å². The fraction of sp³-hybridized carbons (Fsp3) is 0.368. The smallest absolute Gasteiger partial charge is 0.411 e. The number of halogens is 3. The van der Waals surface area contributed by atoms with Crippen molar-refractivity contribution < 1.29 is 27.1 Å². The highest BCUT2D eigenvalue weighted by Gasteiger charge is 2.28. The molecule has 0 bridgehead atoms. The zero-order valence-corrected chi connectivity index (χ0v) is 17.3. The molecular weight excluding hydrogens is 425 g/mol. The number of ether oxygens (including phenoxy) is 1. The maximum absolute atomic E-state index is 12.7. The van der Waals surface area contributed by atoms with Crippen molar-refractivity contribution in [3.63, 3.8) is 0 Å². The van der Waals surface area contributed by atoms with Gasteiger partial charge < -0.3 is 14.5 Å². The van der Waals surface area contributed by atoms with Gasteiger partial charge in [-0.25, -0.2) is 4.98 Å². The highest BCUT2D eigenvalue weighted by molar-refractivity contribution is 8.00. The molecule has 1 aromatic carbocycles. The van der Waals surface area contributed by atoms with Crippen molar-refractivity contribution in [2.45, 2.75) is 36.2 Å². The Kier molecular flexibility index (Phi) is 6.86. The topological polar surface area (TPSA) is 64.4 Å². The normalized spacial score (nSPS) is 13.0. The summed E-state index contributed by atoms with van der Waals surface area (Å²) in [6.07, 6.45) is -4.40. The van der Waals surface area contributed by atoms with Gasteiger partial charge in [-0.2, -0.15) is 13.2 Å². The number of thiazole rings is 1. The molecule has 0 fully saturated rings. The molecular formula is C19H19F3N2O3S2. The first-order valence-corrected chi connectivity index (χ1v) is 10.6. The summed E-state index contributed by atoms with van der Waals surface area (Å²) in [5.41, 5.74) is 2.23. The van der Waals surface area contributed by atoms with Crippen LogP contribution in [0.2, 0.25) is 0 Å². The van der Waals surface area contributed by atoms with Crippen LogP contribution in [0.5, 0.6) is 0 Å². The number of para-hydroxylation sites is 1. The van der Waals surface area contributed by atoms with Gasteiger partial charge in [-0.05, 0) is 19.9 Å². The van der Waals surface area contributed by atoms with E-state index in [0.29, 0.717) is 11.3 Å². The number of hydrogen-bond donors (Lipinski definition) is 1. The number of rotatable bonds is 8. The summed E-state index contributed by atoms with van der Waals surface area (Å²) in [4.78, 5) is 17.1. The van der Waals surface area contributed by atoms with E-state index in [0.717, 1.165) is 21.0 Å². The molecule has 1 amide bonds. The predicted molar refractivity (Wildman–Crippen MR) is 106 cm³/mol. The van der Waals surface area contributed by atoms with Crippen LogP contribution in [-0.4, -0.2) is 36.3 Å². The van der Waals surface area contributed by atoms with Gasteiger partial charge in [-0.1, -0.05) is 30.0 Å². The molecule has 0 saturated heterocycles. The standard InChI is InChI=1S/C19H19F3N2O3S2/c1-11(7-26-10-19(20,21)22)23-17(25)16-14(9-29-18-24-12(2)8-28-18)13-5-3-4-6-15(13)27-16/h3-6,8,11H,7,9-10H2,1-2H3,(H,23,25). The quantitative estimate of drug-likeness (QED) is 0.485. The molecule has 3 rings (SSSR count). The predicted octanol–water partition coefficient (Wildman–Crippen LogP) is 5.19. The number of hydrogen-bond acceptors (Lipinski definition) is 6. The minimum atomic E-state index is -4.40. The lowest BCUT2D eigenvalue weighted by atomic mass is 10.1. The van der Waals surface area contributed by atoms with Crippen LogP contribution in [0.3, 0.4) is 0 Å². The number of amides is 1. The number of aromatic nitrogens is 1. The van der Waals surface area contributed by atoms with Crippen molar-refractivity contribution in [1.29, 1.82) is 0 Å². The minimum Gasteiger partial charge on any atom is -0.451 e. The first-order valence-electron chi connectivity index (χ1n) is 8.73. The molecule has 3 aromatic rings. The Morgan fingerprint density at radius 1 is 1.38 bits per heavy atom. The number of nitrogens with zero attached hydrogens (tertiary/aromatic N) is 1. The van der Waals surface area contributed by atoms with Crippen LogP contribution >= 0.6 is 23.1 Å². The van der Waals surface area contributed by atoms with Gasteiger partial charge in [-0.15, -0.1) is 11.3 Å². The molecule has 1 unspecified atom stereocenters. The van der Waals surface area contributed by atoms with E-state index in [4.69, 9.17) is 4.42 Å². The van der Waals surface area contributed by atoms with Crippen molar-refractivity contribution in [3.8, 4) is 0 Å². The van der Waals surface area contributed by atoms with Crippen molar-refractivity contribution in [3.05, 3.63) is 46.7 Å². The lowest BCUT2D eigenvalue weighted by Gasteiger charge is -2.14. The second-order valence-corrected chi connectivity index (χ2v) is 8.53. The van der Waals surface area contributed by atoms with E-state index >= 15 is 0 Å². The van der Waals surface area contributed by atoms with Crippen LogP contribution in [0.4, 0.5) is 13.2 Å². The summed E-state index contributed by atoms with van der Waals surface area (Å²) in [5.74, 6) is 0.135. The number of thioether (sulfide) groups is 1. The molecule has 1 N–H and O–H groups in total. The number of fused-ring (bicyclic) bond motifs is 1. The van der Waals surface area contributed by atoms with E-state index in [-0.39, 0.29) is 12.4 Å². The molecule has 2 aromatic heterocycles. The van der Waals surface area contributed by atoms with Crippen LogP contribution < -0.4 is 5.32 Å². The van der Waals surface area contributed by atoms with Gasteiger partial charge in [0.25, 0.3) is 5.91 Å². The van der Waals surface area contributed by atoms with Gasteiger partial charge in [-0.3, -0.25) is 4.79 Å². The first kappa shape index (κ1) is 21.7. The van der Waals surface area contributed by atoms with Crippen LogP contribution in [0.1, 0.15) is 28.7 Å². The van der Waals surface area contributed by atoms with Gasteiger partial charge in [0.1, 0.15) is 16.5 Å². The van der Waals surface area contributed by atoms with Crippen molar-refractivity contribution in [2.75, 3.05) is 13.2 Å². The van der Waals surface area contributed by atoms with E-state index in [9.17, 15) is 18.0 Å². The second-order valence-electron chi connectivity index (χ2n) is 6.45. The summed E-state index contributed by atoms with van der Waals surface area (Å²) in [6.45, 7) is 1.87. The van der Waals surface area contributed by atoms with Crippen LogP contribution in [0.15, 0.2) is 38.4 Å². The van der Waals surface area contributed by atoms with Crippen LogP contribution in [-0.2, 0) is 10.5 Å². The molecule has 29 heavy (non-hydrogen) atoms. The number of benzene rings is 1. The van der Waals surface area contributed by atoms with E-state index in [2.05, 4.69) is 15.0 Å². The van der Waals surface area contributed by atoms with E-state index in [1.807, 2.05) is 30.5 Å². The summed E-state index contributed by atoms with van der Waals surface area (Å²) >= 11 is 3.02. The Bertz CT molecular complexity index is 985. The molecule has 2 heterocycles. The van der Waals surface area contributed by atoms with Crippen molar-refractivity contribution >= 4 is 40.0 Å². The van der Waals surface area contributed by atoms with Gasteiger partial charge in [0, 0.05) is 33.8 Å². The number of carbonyl (C=O) groups is 1. The molecule has 1 atom stereocenters. The Hall–Kier alpha value is -2.04. The van der Waals surface area contributed by atoms with E-state index in [1.54, 1.807) is 13.0 Å². The Labute approximate surface area is 173 Å². The number of furan rings is 1. The van der Waals surface area contributed by atoms with Crippen LogP contribution in [0.25, 0.3) is 11.0 Å². The lowest BCUT2D eigenvalue weighted by Crippen LogP contribution is -2.37. The average molecular weight is 445 g/mol. The molecule has 0 saturated carbocycles. The van der Waals surface area contributed by atoms with Gasteiger partial charge >= 0.3 is 6.18 Å². The highest BCUT2D eigenvalue weighted by atomic mass is 32.2. The Morgan fingerprint density at radius 3 is 2.83 bits per heavy atom.